The van der Waals surface area contributed by atoms with Gasteiger partial charge in [-0.15, -0.1) is 0 Å². The van der Waals surface area contributed by atoms with Gasteiger partial charge in [-0.05, 0) is 62.3 Å². The van der Waals surface area contributed by atoms with Crippen LogP contribution in [0.25, 0.3) is 0 Å². The van der Waals surface area contributed by atoms with Crippen molar-refractivity contribution in [2.75, 3.05) is 5.75 Å². The van der Waals surface area contributed by atoms with Crippen molar-refractivity contribution in [3.8, 4) is 5.75 Å². The van der Waals surface area contributed by atoms with Gasteiger partial charge in [0.15, 0.2) is 0 Å². The number of aryl methyl sites for hydroxylation is 2. The maximum absolute atomic E-state index is 10.8. The summed E-state index contributed by atoms with van der Waals surface area (Å²) < 4.78 is 38.3. The fourth-order valence-corrected chi connectivity index (χ4v) is 3.86. The molecule has 0 amide bonds. The van der Waals surface area contributed by atoms with E-state index in [2.05, 4.69) is 26.0 Å². The second-order valence-corrected chi connectivity index (χ2v) is 9.05. The zero-order valence-electron chi connectivity index (χ0n) is 18.3. The Labute approximate surface area is 194 Å². The molecule has 0 N–H and O–H groups in total. The van der Waals surface area contributed by atoms with Crippen LogP contribution in [0.4, 0.5) is 0 Å². The first-order valence-electron chi connectivity index (χ1n) is 10.6. The van der Waals surface area contributed by atoms with E-state index < -0.39 is 10.1 Å². The fourth-order valence-electron chi connectivity index (χ4n) is 3.24. The van der Waals surface area contributed by atoms with E-state index in [9.17, 15) is 13.0 Å². The summed E-state index contributed by atoms with van der Waals surface area (Å²) in [6, 6.07) is 6.25. The number of unbranched alkanes of at least 4 members (excludes halogenated alkanes) is 6. The molecule has 1 rings (SSSR count). The molecule has 28 heavy (non-hydrogen) atoms. The largest absolute Gasteiger partial charge is 1.00 e. The molecular formula is C22H37NaO4S. The van der Waals surface area contributed by atoms with Crippen molar-refractivity contribution in [2.24, 2.45) is 0 Å². The van der Waals surface area contributed by atoms with Crippen molar-refractivity contribution in [1.29, 1.82) is 0 Å². The van der Waals surface area contributed by atoms with Gasteiger partial charge in [0, 0.05) is 5.75 Å². The normalized spacial score (nSPS) is 12.4. The van der Waals surface area contributed by atoms with Crippen LogP contribution in [0.3, 0.4) is 0 Å². The molecule has 6 heteroatoms. The van der Waals surface area contributed by atoms with Gasteiger partial charge in [-0.1, -0.05) is 58.4 Å². The average molecular weight is 421 g/mol. The van der Waals surface area contributed by atoms with Crippen LogP contribution in [0.5, 0.6) is 5.75 Å². The molecule has 0 bridgehead atoms. The van der Waals surface area contributed by atoms with Gasteiger partial charge in [-0.25, -0.2) is 8.42 Å². The van der Waals surface area contributed by atoms with E-state index >= 15 is 0 Å². The summed E-state index contributed by atoms with van der Waals surface area (Å²) in [6.45, 7) is 6.26. The van der Waals surface area contributed by atoms with E-state index in [0.29, 0.717) is 0 Å². The van der Waals surface area contributed by atoms with Gasteiger partial charge >= 0.3 is 29.6 Å². The first kappa shape index (κ1) is 27.9. The van der Waals surface area contributed by atoms with Crippen LogP contribution in [0.2, 0.25) is 0 Å². The quantitative estimate of drug-likeness (QED) is 0.249. The Morgan fingerprint density at radius 2 is 1.50 bits per heavy atom. The van der Waals surface area contributed by atoms with Gasteiger partial charge in [0.05, 0.1) is 16.2 Å². The van der Waals surface area contributed by atoms with Gasteiger partial charge in [0.1, 0.15) is 5.75 Å². The molecule has 4 nitrogen and oxygen atoms in total. The summed E-state index contributed by atoms with van der Waals surface area (Å²) in [4.78, 5) is 0. The van der Waals surface area contributed by atoms with Crippen LogP contribution in [0.15, 0.2) is 18.2 Å². The van der Waals surface area contributed by atoms with Crippen LogP contribution in [0, 0.1) is 0 Å². The molecule has 0 saturated carbocycles. The van der Waals surface area contributed by atoms with Gasteiger partial charge in [-0.2, -0.15) is 0 Å². The summed E-state index contributed by atoms with van der Waals surface area (Å²) in [5.74, 6) is 0.390. The second kappa shape index (κ2) is 15.7. The molecule has 0 aliphatic carbocycles. The Morgan fingerprint density at radius 1 is 0.929 bits per heavy atom. The molecule has 0 aliphatic rings. The average Bonchev–Trinajstić information content (AvgIpc) is 2.61. The predicted molar refractivity (Wildman–Crippen MR) is 111 cm³/mol. The van der Waals surface area contributed by atoms with Crippen molar-refractivity contribution < 1.29 is 47.3 Å². The summed E-state index contributed by atoms with van der Waals surface area (Å²) in [6.07, 6.45) is 12.0. The van der Waals surface area contributed by atoms with Crippen LogP contribution < -0.4 is 34.3 Å². The molecule has 1 unspecified atom stereocenters. The number of ether oxygens (including phenoxy) is 1. The van der Waals surface area contributed by atoms with Crippen molar-refractivity contribution in [1.82, 2.24) is 0 Å². The molecule has 1 aromatic carbocycles. The maximum Gasteiger partial charge on any atom is 1.00 e. The van der Waals surface area contributed by atoms with E-state index in [0.717, 1.165) is 18.6 Å². The van der Waals surface area contributed by atoms with Crippen molar-refractivity contribution in [3.63, 3.8) is 0 Å². The van der Waals surface area contributed by atoms with Gasteiger partial charge in [0.2, 0.25) is 0 Å². The Kier molecular flexibility index (Phi) is 15.7. The van der Waals surface area contributed by atoms with Crippen LogP contribution in [0.1, 0.15) is 89.7 Å². The van der Waals surface area contributed by atoms with Crippen LogP contribution >= 0.6 is 0 Å². The van der Waals surface area contributed by atoms with E-state index in [1.807, 2.05) is 13.0 Å². The van der Waals surface area contributed by atoms with E-state index in [-0.39, 0.29) is 47.8 Å². The molecule has 0 fully saturated rings. The third-order valence-corrected chi connectivity index (χ3v) is 5.62. The molecule has 0 aromatic heterocycles. The number of hydrogen-bond acceptors (Lipinski definition) is 4. The number of benzene rings is 1. The van der Waals surface area contributed by atoms with Crippen LogP contribution in [-0.4, -0.2) is 24.8 Å². The summed E-state index contributed by atoms with van der Waals surface area (Å²) in [5, 5.41) is 0. The zero-order valence-corrected chi connectivity index (χ0v) is 21.2. The molecule has 0 spiro atoms. The topological polar surface area (TPSA) is 66.4 Å². The molecular weight excluding hydrogens is 383 g/mol. The molecule has 0 aliphatic heterocycles. The maximum atomic E-state index is 10.8. The van der Waals surface area contributed by atoms with Gasteiger partial charge in [0.25, 0.3) is 0 Å². The molecule has 1 aromatic rings. The first-order valence-corrected chi connectivity index (χ1v) is 12.2. The molecule has 0 radical (unpaired) electrons. The third-order valence-electron chi connectivity index (χ3n) is 4.89. The Morgan fingerprint density at radius 3 is 2.04 bits per heavy atom. The minimum absolute atomic E-state index is 0. The monoisotopic (exact) mass is 420 g/mol. The summed E-state index contributed by atoms with van der Waals surface area (Å²) >= 11 is 0. The molecule has 0 heterocycles. The second-order valence-electron chi connectivity index (χ2n) is 7.53. The third kappa shape index (κ3) is 13.2. The van der Waals surface area contributed by atoms with Crippen molar-refractivity contribution in [2.45, 2.75) is 97.5 Å². The Balaban J connectivity index is 0.00000729. The predicted octanol–water partition coefficient (Wildman–Crippen LogP) is 2.64. The minimum Gasteiger partial charge on any atom is -0.748 e. The summed E-state index contributed by atoms with van der Waals surface area (Å²) in [7, 11) is -4.19. The summed E-state index contributed by atoms with van der Waals surface area (Å²) in [5.41, 5.74) is 2.76. The van der Waals surface area contributed by atoms with Gasteiger partial charge in [-0.3, -0.25) is 0 Å². The van der Waals surface area contributed by atoms with Gasteiger partial charge < -0.3 is 9.29 Å². The van der Waals surface area contributed by atoms with Crippen molar-refractivity contribution >= 4 is 10.1 Å². The van der Waals surface area contributed by atoms with Crippen LogP contribution in [-0.2, 0) is 23.0 Å². The van der Waals surface area contributed by atoms with E-state index in [1.165, 1.54) is 62.5 Å². The Bertz CT molecular complexity index is 631. The Hall–Kier alpha value is -0.0700. The van der Waals surface area contributed by atoms with E-state index in [4.69, 9.17) is 4.74 Å². The molecule has 1 atom stereocenters. The molecule has 156 valence electrons. The fraction of sp³-hybridized carbons (Fsp3) is 0.727. The number of hydrogen-bond donors (Lipinski definition) is 0. The SMILES string of the molecule is CCCCCCc1ccc(OC(C)CCS(=O)(=O)[O-])cc1CCCCCC.[Na+]. The standard InChI is InChI=1S/C22H38O4S.Na/c1-4-6-8-10-12-20-14-15-22(18-21(20)13-11-9-7-5-2)26-19(3)16-17-27(23,24)25;/h14-15,18-19H,4-13,16-17H2,1-3H3,(H,23,24,25);/q;+1/p-1. The first-order chi connectivity index (χ1) is 12.9. The minimum atomic E-state index is -4.19. The number of rotatable bonds is 15. The molecule has 0 saturated heterocycles. The van der Waals surface area contributed by atoms with Crippen molar-refractivity contribution in [3.05, 3.63) is 29.3 Å². The zero-order chi connectivity index (χ0) is 20.1. The smallest absolute Gasteiger partial charge is 0.748 e. The van der Waals surface area contributed by atoms with E-state index in [1.54, 1.807) is 0 Å².